The van der Waals surface area contributed by atoms with Gasteiger partial charge in [0.15, 0.2) is 0 Å². The summed E-state index contributed by atoms with van der Waals surface area (Å²) >= 11 is 0. The lowest BCUT2D eigenvalue weighted by Gasteiger charge is -2.06. The van der Waals surface area contributed by atoms with Crippen LogP contribution in [0.3, 0.4) is 0 Å². The summed E-state index contributed by atoms with van der Waals surface area (Å²) in [6.45, 7) is 0. The van der Waals surface area contributed by atoms with Gasteiger partial charge in [0.25, 0.3) is 0 Å². The normalized spacial score (nSPS) is 9.83. The van der Waals surface area contributed by atoms with Crippen molar-refractivity contribution in [2.75, 3.05) is 12.4 Å². The molecule has 1 heterocycles. The molecule has 0 bridgehead atoms. The predicted octanol–water partition coefficient (Wildman–Crippen LogP) is 1.41. The van der Waals surface area contributed by atoms with Crippen LogP contribution < -0.4 is 15.8 Å². The Kier molecular flexibility index (Phi) is 3.38. The first kappa shape index (κ1) is 11.8. The minimum atomic E-state index is -0.471. The monoisotopic (exact) mass is 244 g/mol. The summed E-state index contributed by atoms with van der Waals surface area (Å²) in [5, 5.41) is 2.81. The molecular formula is C12H12N4O2. The topological polar surface area (TPSA) is 90.1 Å². The Bertz CT molecular complexity index is 554. The van der Waals surface area contributed by atoms with Crippen LogP contribution in [0.25, 0.3) is 0 Å². The number of ether oxygens (including phenoxy) is 1. The van der Waals surface area contributed by atoms with Crippen molar-refractivity contribution >= 4 is 11.9 Å². The van der Waals surface area contributed by atoms with Gasteiger partial charge in [-0.3, -0.25) is 4.79 Å². The molecule has 18 heavy (non-hydrogen) atoms. The Labute approximate surface area is 104 Å². The molecule has 0 aliphatic rings. The van der Waals surface area contributed by atoms with Crippen LogP contribution >= 0.6 is 0 Å². The number of nitrogens with two attached hydrogens (primary N) is 1. The number of carbonyl (C=O) groups excluding carboxylic acids is 1. The van der Waals surface area contributed by atoms with Crippen molar-refractivity contribution < 1.29 is 9.53 Å². The smallest absolute Gasteiger partial charge is 0.248 e. The van der Waals surface area contributed by atoms with E-state index in [2.05, 4.69) is 15.3 Å². The number of primary amides is 1. The second kappa shape index (κ2) is 5.13. The number of nitrogens with one attached hydrogen (secondary N) is 1. The van der Waals surface area contributed by atoms with E-state index < -0.39 is 5.91 Å². The van der Waals surface area contributed by atoms with Crippen LogP contribution in [0.1, 0.15) is 10.4 Å². The number of amides is 1. The van der Waals surface area contributed by atoms with Gasteiger partial charge >= 0.3 is 0 Å². The molecule has 0 aliphatic carbocycles. The average molecular weight is 244 g/mol. The number of nitrogens with zero attached hydrogens (tertiary/aromatic N) is 2. The molecule has 0 atom stereocenters. The molecule has 0 radical (unpaired) electrons. The minimum absolute atomic E-state index is 0.418. The van der Waals surface area contributed by atoms with Crippen LogP contribution in [0, 0.1) is 0 Å². The molecule has 0 fully saturated rings. The summed E-state index contributed by atoms with van der Waals surface area (Å²) < 4.78 is 5.51. The minimum Gasteiger partial charge on any atom is -0.439 e. The molecule has 3 N–H and O–H groups in total. The van der Waals surface area contributed by atoms with Crippen molar-refractivity contribution in [2.24, 2.45) is 5.73 Å². The molecule has 0 saturated carbocycles. The molecule has 92 valence electrons. The zero-order valence-electron chi connectivity index (χ0n) is 9.75. The van der Waals surface area contributed by atoms with Crippen molar-refractivity contribution in [1.29, 1.82) is 0 Å². The van der Waals surface area contributed by atoms with E-state index in [1.165, 1.54) is 0 Å². The Morgan fingerprint density at radius 1 is 1.28 bits per heavy atom. The van der Waals surface area contributed by atoms with E-state index in [1.54, 1.807) is 43.6 Å². The SMILES string of the molecule is CNc1nccc(Oc2ccc(C(N)=O)cc2)n1. The number of rotatable bonds is 4. The first-order valence-electron chi connectivity index (χ1n) is 5.27. The Balaban J connectivity index is 2.15. The third kappa shape index (κ3) is 2.73. The number of hydrogen-bond acceptors (Lipinski definition) is 5. The number of anilines is 1. The van der Waals surface area contributed by atoms with Gasteiger partial charge in [-0.05, 0) is 24.3 Å². The van der Waals surface area contributed by atoms with Crippen LogP contribution in [0.15, 0.2) is 36.5 Å². The van der Waals surface area contributed by atoms with Gasteiger partial charge in [-0.25, -0.2) is 4.98 Å². The highest BCUT2D eigenvalue weighted by Crippen LogP contribution is 2.20. The number of benzene rings is 1. The maximum atomic E-state index is 10.9. The fraction of sp³-hybridized carbons (Fsp3) is 0.0833. The number of aromatic nitrogens is 2. The summed E-state index contributed by atoms with van der Waals surface area (Å²) in [7, 11) is 1.72. The zero-order chi connectivity index (χ0) is 13.0. The van der Waals surface area contributed by atoms with Crippen LogP contribution in [-0.2, 0) is 0 Å². The van der Waals surface area contributed by atoms with Crippen molar-refractivity contribution in [2.45, 2.75) is 0 Å². The van der Waals surface area contributed by atoms with Crippen LogP contribution in [0.5, 0.6) is 11.6 Å². The number of carbonyl (C=O) groups is 1. The van der Waals surface area contributed by atoms with E-state index in [-0.39, 0.29) is 0 Å². The molecular weight excluding hydrogens is 232 g/mol. The van der Waals surface area contributed by atoms with E-state index in [4.69, 9.17) is 10.5 Å². The highest BCUT2D eigenvalue weighted by Gasteiger charge is 2.03. The van der Waals surface area contributed by atoms with Gasteiger partial charge in [0.1, 0.15) is 5.75 Å². The fourth-order valence-corrected chi connectivity index (χ4v) is 1.33. The van der Waals surface area contributed by atoms with Gasteiger partial charge in [0.2, 0.25) is 17.7 Å². The van der Waals surface area contributed by atoms with Crippen LogP contribution in [0.2, 0.25) is 0 Å². The Hall–Kier alpha value is -2.63. The maximum Gasteiger partial charge on any atom is 0.248 e. The summed E-state index contributed by atoms with van der Waals surface area (Å²) in [4.78, 5) is 19.0. The average Bonchev–Trinajstić information content (AvgIpc) is 2.39. The Morgan fingerprint density at radius 2 is 2.00 bits per heavy atom. The molecule has 6 nitrogen and oxygen atoms in total. The van der Waals surface area contributed by atoms with Crippen LogP contribution in [-0.4, -0.2) is 22.9 Å². The predicted molar refractivity (Wildman–Crippen MR) is 66.6 cm³/mol. The first-order chi connectivity index (χ1) is 8.69. The molecule has 1 aromatic carbocycles. The Morgan fingerprint density at radius 3 is 2.61 bits per heavy atom. The van der Waals surface area contributed by atoms with Gasteiger partial charge in [0, 0.05) is 24.9 Å². The highest BCUT2D eigenvalue weighted by atomic mass is 16.5. The van der Waals surface area contributed by atoms with E-state index in [9.17, 15) is 4.79 Å². The molecule has 0 saturated heterocycles. The van der Waals surface area contributed by atoms with Crippen molar-refractivity contribution in [3.05, 3.63) is 42.1 Å². The molecule has 2 aromatic rings. The van der Waals surface area contributed by atoms with E-state index in [0.29, 0.717) is 23.1 Å². The van der Waals surface area contributed by atoms with Crippen molar-refractivity contribution in [1.82, 2.24) is 9.97 Å². The van der Waals surface area contributed by atoms with Gasteiger partial charge in [-0.2, -0.15) is 4.98 Å². The molecule has 1 amide bonds. The fourth-order valence-electron chi connectivity index (χ4n) is 1.33. The third-order valence-corrected chi connectivity index (χ3v) is 2.21. The summed E-state index contributed by atoms with van der Waals surface area (Å²) in [6.07, 6.45) is 1.59. The van der Waals surface area contributed by atoms with Gasteiger partial charge in [-0.1, -0.05) is 0 Å². The lowest BCUT2D eigenvalue weighted by Crippen LogP contribution is -2.10. The molecule has 0 unspecified atom stereocenters. The first-order valence-corrected chi connectivity index (χ1v) is 5.27. The van der Waals surface area contributed by atoms with Gasteiger partial charge in [0.05, 0.1) is 0 Å². The van der Waals surface area contributed by atoms with Gasteiger partial charge in [-0.15, -0.1) is 0 Å². The quantitative estimate of drug-likeness (QED) is 0.848. The van der Waals surface area contributed by atoms with Gasteiger partial charge < -0.3 is 15.8 Å². The highest BCUT2D eigenvalue weighted by molar-refractivity contribution is 5.92. The van der Waals surface area contributed by atoms with E-state index in [1.807, 2.05) is 0 Å². The second-order valence-corrected chi connectivity index (χ2v) is 3.46. The summed E-state index contributed by atoms with van der Waals surface area (Å²) in [5.74, 6) is 0.990. The summed E-state index contributed by atoms with van der Waals surface area (Å²) in [6, 6.07) is 8.14. The summed E-state index contributed by atoms with van der Waals surface area (Å²) in [5.41, 5.74) is 5.58. The standard InChI is InChI=1S/C12H12N4O2/c1-14-12-15-7-6-10(16-12)18-9-4-2-8(3-5-9)11(13)17/h2-7H,1H3,(H2,13,17)(H,14,15,16). The number of hydrogen-bond donors (Lipinski definition) is 2. The maximum absolute atomic E-state index is 10.9. The van der Waals surface area contributed by atoms with E-state index >= 15 is 0 Å². The molecule has 6 heteroatoms. The molecule has 0 aliphatic heterocycles. The molecule has 1 aromatic heterocycles. The lowest BCUT2D eigenvalue weighted by molar-refractivity contribution is 0.100. The largest absolute Gasteiger partial charge is 0.439 e. The van der Waals surface area contributed by atoms with Crippen LogP contribution in [0.4, 0.5) is 5.95 Å². The van der Waals surface area contributed by atoms with Crippen molar-refractivity contribution in [3.63, 3.8) is 0 Å². The zero-order valence-corrected chi connectivity index (χ0v) is 9.75. The van der Waals surface area contributed by atoms with Crippen molar-refractivity contribution in [3.8, 4) is 11.6 Å². The third-order valence-electron chi connectivity index (χ3n) is 2.21. The molecule has 0 spiro atoms. The molecule has 2 rings (SSSR count). The second-order valence-electron chi connectivity index (χ2n) is 3.46. The van der Waals surface area contributed by atoms with E-state index in [0.717, 1.165) is 0 Å². The lowest BCUT2D eigenvalue weighted by atomic mass is 10.2.